The quantitative estimate of drug-likeness (QED) is 0.372. The first kappa shape index (κ1) is 28.6. The Morgan fingerprint density at radius 1 is 0.975 bits per heavy atom. The minimum absolute atomic E-state index is 0.0783. The third-order valence-corrected chi connectivity index (χ3v) is 9.79. The number of fused-ring (bicyclic) bond motifs is 1. The van der Waals surface area contributed by atoms with Crippen LogP contribution in [0.4, 0.5) is 14.9 Å². The van der Waals surface area contributed by atoms with Crippen molar-refractivity contribution in [3.05, 3.63) is 81.6 Å². The van der Waals surface area contributed by atoms with Crippen LogP contribution in [0.25, 0.3) is 0 Å². The fourth-order valence-corrected chi connectivity index (χ4v) is 6.64. The topological polar surface area (TPSA) is 73.4 Å². The van der Waals surface area contributed by atoms with E-state index >= 15 is 0 Å². The summed E-state index contributed by atoms with van der Waals surface area (Å²) in [6.45, 7) is 2.75. The Hall–Kier alpha value is -2.89. The highest BCUT2D eigenvalue weighted by molar-refractivity contribution is 7.89. The fraction of sp³-hybridized carbons (Fsp3) is 0.321. The number of nitrogens with zero attached hydrogens (tertiary/aromatic N) is 4. The van der Waals surface area contributed by atoms with Crippen LogP contribution < -0.4 is 9.64 Å². The van der Waals surface area contributed by atoms with Gasteiger partial charge in [-0.15, -0.1) is 0 Å². The third kappa shape index (κ3) is 5.91. The van der Waals surface area contributed by atoms with E-state index in [9.17, 15) is 17.6 Å². The summed E-state index contributed by atoms with van der Waals surface area (Å²) in [4.78, 5) is 18.9. The first-order chi connectivity index (χ1) is 19.0. The van der Waals surface area contributed by atoms with Crippen LogP contribution in [-0.2, 0) is 23.0 Å². The average Bonchev–Trinajstić information content (AvgIpc) is 3.35. The van der Waals surface area contributed by atoms with Crippen molar-refractivity contribution in [1.29, 1.82) is 0 Å². The van der Waals surface area contributed by atoms with Crippen LogP contribution in [0.15, 0.2) is 59.5 Å². The van der Waals surface area contributed by atoms with Crippen LogP contribution in [0.3, 0.4) is 0 Å². The van der Waals surface area contributed by atoms with Gasteiger partial charge in [0, 0.05) is 57.1 Å². The number of carbonyl (C=O) groups is 1. The summed E-state index contributed by atoms with van der Waals surface area (Å²) in [5.41, 5.74) is 1.93. The van der Waals surface area contributed by atoms with Crippen LogP contribution in [0, 0.1) is 5.82 Å². The summed E-state index contributed by atoms with van der Waals surface area (Å²) < 4.78 is 48.0. The molecule has 2 amide bonds. The highest BCUT2D eigenvalue weighted by Crippen LogP contribution is 2.34. The number of piperazine rings is 1. The van der Waals surface area contributed by atoms with Crippen molar-refractivity contribution < 1.29 is 22.3 Å². The van der Waals surface area contributed by atoms with Gasteiger partial charge >= 0.3 is 6.03 Å². The van der Waals surface area contributed by atoms with Crippen molar-refractivity contribution in [3.63, 3.8) is 0 Å². The molecule has 0 bridgehead atoms. The molecule has 0 atom stereocenters. The van der Waals surface area contributed by atoms with E-state index in [0.717, 1.165) is 5.56 Å². The Labute approximate surface area is 243 Å². The number of carbonyl (C=O) groups excluding carboxylic acids is 1. The van der Waals surface area contributed by atoms with E-state index in [4.69, 9.17) is 27.9 Å². The van der Waals surface area contributed by atoms with Crippen molar-refractivity contribution >= 4 is 44.9 Å². The summed E-state index contributed by atoms with van der Waals surface area (Å²) in [7, 11) is -0.0165. The van der Waals surface area contributed by atoms with Crippen molar-refractivity contribution in [2.75, 3.05) is 51.7 Å². The molecule has 3 aromatic carbocycles. The molecule has 0 spiro atoms. The molecule has 0 radical (unpaired) electrons. The van der Waals surface area contributed by atoms with E-state index in [1.807, 2.05) is 7.05 Å². The Morgan fingerprint density at radius 2 is 1.73 bits per heavy atom. The molecule has 12 heteroatoms. The maximum atomic E-state index is 14.2. The van der Waals surface area contributed by atoms with Crippen LogP contribution in [0.1, 0.15) is 11.1 Å². The van der Waals surface area contributed by atoms with E-state index in [2.05, 4.69) is 4.90 Å². The summed E-state index contributed by atoms with van der Waals surface area (Å²) in [5.74, 6) is 0.338. The second-order valence-electron chi connectivity index (χ2n) is 9.97. The van der Waals surface area contributed by atoms with Crippen molar-refractivity contribution in [1.82, 2.24) is 14.1 Å². The molecule has 3 aromatic rings. The molecule has 212 valence electrons. The lowest BCUT2D eigenvalue weighted by Crippen LogP contribution is -2.47. The first-order valence-electron chi connectivity index (χ1n) is 12.8. The summed E-state index contributed by atoms with van der Waals surface area (Å²) in [6.07, 6.45) is 0.534. The van der Waals surface area contributed by atoms with Crippen molar-refractivity contribution in [2.24, 2.45) is 0 Å². The minimum atomic E-state index is -3.61. The first-order valence-corrected chi connectivity index (χ1v) is 15.0. The molecule has 8 nitrogen and oxygen atoms in total. The molecule has 2 heterocycles. The number of hydrogen-bond donors (Lipinski definition) is 0. The maximum absolute atomic E-state index is 14.2. The Morgan fingerprint density at radius 3 is 2.45 bits per heavy atom. The molecule has 1 fully saturated rings. The molecule has 0 saturated carbocycles. The van der Waals surface area contributed by atoms with Gasteiger partial charge in [-0.2, -0.15) is 4.31 Å². The molecule has 5 rings (SSSR count). The SMILES string of the molecule is CN1CCN(S(=O)(=O)c2ccc3c(c2)CCN3C(=O)N(C)Cc2cc(F)ccc2Oc2ccc(Cl)c(Cl)c2)CC1. The number of likely N-dealkylation sites (N-methyl/N-ethyl adjacent to an activating group) is 1. The van der Waals surface area contributed by atoms with Gasteiger partial charge in [0.25, 0.3) is 0 Å². The fourth-order valence-electron chi connectivity index (χ4n) is 4.88. The van der Waals surface area contributed by atoms with Crippen molar-refractivity contribution in [3.8, 4) is 11.5 Å². The molecular weight excluding hydrogens is 578 g/mol. The number of halogens is 3. The number of ether oxygens (including phenoxy) is 1. The lowest BCUT2D eigenvalue weighted by Gasteiger charge is -2.31. The number of amides is 2. The van der Waals surface area contributed by atoms with E-state index in [1.54, 1.807) is 48.3 Å². The second kappa shape index (κ2) is 11.5. The predicted octanol–water partition coefficient (Wildman–Crippen LogP) is 5.48. The normalized spacial score (nSPS) is 16.2. The number of anilines is 1. The number of sulfonamides is 1. The molecule has 0 N–H and O–H groups in total. The van der Waals surface area contributed by atoms with Gasteiger partial charge in [0.1, 0.15) is 17.3 Å². The van der Waals surface area contributed by atoms with Crippen LogP contribution in [0.2, 0.25) is 10.0 Å². The van der Waals surface area contributed by atoms with Gasteiger partial charge in [-0.3, -0.25) is 4.90 Å². The molecule has 0 unspecified atom stereocenters. The Balaban J connectivity index is 1.31. The summed E-state index contributed by atoms with van der Waals surface area (Å²) >= 11 is 12.1. The highest BCUT2D eigenvalue weighted by atomic mass is 35.5. The maximum Gasteiger partial charge on any atom is 0.324 e. The molecule has 40 heavy (non-hydrogen) atoms. The predicted molar refractivity (Wildman–Crippen MR) is 154 cm³/mol. The summed E-state index contributed by atoms with van der Waals surface area (Å²) in [6, 6.07) is 13.5. The number of urea groups is 1. The van der Waals surface area contributed by atoms with Crippen molar-refractivity contribution in [2.45, 2.75) is 17.9 Å². The number of benzene rings is 3. The second-order valence-corrected chi connectivity index (χ2v) is 12.7. The van der Waals surface area contributed by atoms with Gasteiger partial charge in [-0.05, 0) is 67.6 Å². The highest BCUT2D eigenvalue weighted by Gasteiger charge is 2.32. The van der Waals surface area contributed by atoms with Gasteiger partial charge in [0.05, 0.1) is 21.5 Å². The monoisotopic (exact) mass is 606 g/mol. The van der Waals surface area contributed by atoms with Crippen LogP contribution in [0.5, 0.6) is 11.5 Å². The van der Waals surface area contributed by atoms with Crippen LogP contribution in [-0.4, -0.2) is 75.4 Å². The molecule has 1 saturated heterocycles. The molecule has 0 aliphatic carbocycles. The smallest absolute Gasteiger partial charge is 0.324 e. The molecular formula is C28H29Cl2FN4O4S. The number of rotatable bonds is 6. The van der Waals surface area contributed by atoms with Gasteiger partial charge in [0.2, 0.25) is 10.0 Å². The zero-order valence-electron chi connectivity index (χ0n) is 22.1. The van der Waals surface area contributed by atoms with E-state index in [-0.39, 0.29) is 17.5 Å². The van der Waals surface area contributed by atoms with E-state index in [0.29, 0.717) is 71.9 Å². The Bertz CT molecular complexity index is 1550. The largest absolute Gasteiger partial charge is 0.457 e. The Kier molecular flexibility index (Phi) is 8.26. The lowest BCUT2D eigenvalue weighted by molar-refractivity contribution is 0.213. The molecule has 2 aliphatic heterocycles. The van der Waals surface area contributed by atoms with Gasteiger partial charge in [-0.1, -0.05) is 23.2 Å². The van der Waals surface area contributed by atoms with Crippen LogP contribution >= 0.6 is 23.2 Å². The molecule has 0 aromatic heterocycles. The standard InChI is InChI=1S/C28H29Cl2FN4O4S/c1-32-11-13-34(14-12-32)40(37,38)23-5-7-26-19(16-23)9-10-35(26)28(36)33(2)18-20-15-21(31)3-8-27(20)39-22-4-6-24(29)25(30)17-22/h3-8,15-17H,9-14,18H2,1-2H3. The van der Waals surface area contributed by atoms with E-state index in [1.165, 1.54) is 27.4 Å². The zero-order chi connectivity index (χ0) is 28.6. The minimum Gasteiger partial charge on any atom is -0.457 e. The van der Waals surface area contributed by atoms with Gasteiger partial charge in [-0.25, -0.2) is 17.6 Å². The average molecular weight is 608 g/mol. The van der Waals surface area contributed by atoms with Gasteiger partial charge in [0.15, 0.2) is 0 Å². The number of hydrogen-bond acceptors (Lipinski definition) is 5. The zero-order valence-corrected chi connectivity index (χ0v) is 24.4. The summed E-state index contributed by atoms with van der Waals surface area (Å²) in [5, 5.41) is 0.705. The lowest BCUT2D eigenvalue weighted by atomic mass is 10.1. The van der Waals surface area contributed by atoms with Gasteiger partial charge < -0.3 is 14.5 Å². The molecule has 2 aliphatic rings. The van der Waals surface area contributed by atoms with E-state index < -0.39 is 15.8 Å². The third-order valence-electron chi connectivity index (χ3n) is 7.15.